The number of rotatable bonds is 12. The molecule has 2 saturated heterocycles. The van der Waals surface area contributed by atoms with Gasteiger partial charge in [0.05, 0.1) is 24.9 Å². The summed E-state index contributed by atoms with van der Waals surface area (Å²) < 4.78 is 44.5. The van der Waals surface area contributed by atoms with Gasteiger partial charge in [0.25, 0.3) is 9.58 Å². The van der Waals surface area contributed by atoms with Crippen LogP contribution in [0.25, 0.3) is 0 Å². The van der Waals surface area contributed by atoms with Crippen molar-refractivity contribution in [3.8, 4) is 0 Å². The summed E-state index contributed by atoms with van der Waals surface area (Å²) in [7, 11) is 1.21. The van der Waals surface area contributed by atoms with Gasteiger partial charge in [0.2, 0.25) is 12.2 Å². The van der Waals surface area contributed by atoms with Crippen LogP contribution in [0.4, 0.5) is 0 Å². The standard InChI is InChI=1S/C34H46Cl3NO12/c1-17-14-33(32(42)43-8,49-27(18(17)2)19(3)25(46-23(7)40)15-44-22(6)39)50-28-20(4)26(16-45-29(41)24-12-10-9-11-13-24)47-30(21(28)5)48-31(38)34(35,36)37/h9-13,17-21,25-28,30,38H,14-16H2,1-8H3/t17?,18-,19-,20+,21?,25-,26?,27-,28+,30?,33+/m1/s1. The van der Waals surface area contributed by atoms with Gasteiger partial charge in [-0.05, 0) is 24.0 Å². The number of hydrogen-bond acceptors (Lipinski definition) is 13. The van der Waals surface area contributed by atoms with E-state index >= 15 is 0 Å². The molecule has 0 radical (unpaired) electrons. The average molecular weight is 767 g/mol. The summed E-state index contributed by atoms with van der Waals surface area (Å²) in [4.78, 5) is 50.3. The molecule has 50 heavy (non-hydrogen) atoms. The molecule has 0 aliphatic carbocycles. The van der Waals surface area contributed by atoms with E-state index in [-0.39, 0.29) is 31.5 Å². The Kier molecular flexibility index (Phi) is 14.8. The maximum atomic E-state index is 13.8. The number of carbonyl (C=O) groups is 4. The molecule has 0 saturated carbocycles. The molecule has 1 aromatic carbocycles. The van der Waals surface area contributed by atoms with Gasteiger partial charge in [-0.25, -0.2) is 9.59 Å². The minimum atomic E-state index is -2.21. The SMILES string of the molecule is COC(=O)[C@@]1(O[C@@H]2C(C)C(OC(=N)C(Cl)(Cl)Cl)OC(COC(=O)c3ccccc3)[C@@H]2C)CC(C)[C@@H](C)[C@H]([C@H](C)[C@@H](COC(C)=O)OC(C)=O)O1. The fraction of sp³-hybridized carbons (Fsp3) is 0.676. The average Bonchev–Trinajstić information content (AvgIpc) is 3.05. The number of carbonyl (C=O) groups excluding carboxylic acids is 4. The van der Waals surface area contributed by atoms with Gasteiger partial charge in [-0.1, -0.05) is 87.6 Å². The summed E-state index contributed by atoms with van der Waals surface area (Å²) in [5.41, 5.74) is 0.326. The molecular weight excluding hydrogens is 721 g/mol. The van der Waals surface area contributed by atoms with Crippen LogP contribution in [-0.4, -0.2) is 90.4 Å². The second kappa shape index (κ2) is 17.7. The number of hydrogen-bond donors (Lipinski definition) is 1. The first kappa shape index (κ1) is 41.7. The highest BCUT2D eigenvalue weighted by Crippen LogP contribution is 2.45. The van der Waals surface area contributed by atoms with E-state index in [1.54, 1.807) is 51.1 Å². The van der Waals surface area contributed by atoms with Gasteiger partial charge < -0.3 is 37.9 Å². The first-order chi connectivity index (χ1) is 23.3. The Hall–Kier alpha value is -2.68. The Morgan fingerprint density at radius 1 is 0.980 bits per heavy atom. The Bertz CT molecular complexity index is 1360. The molecule has 280 valence electrons. The van der Waals surface area contributed by atoms with E-state index < -0.39 is 87.8 Å². The van der Waals surface area contributed by atoms with Crippen molar-refractivity contribution in [2.24, 2.45) is 29.6 Å². The number of methoxy groups -OCH3 is 1. The highest BCUT2D eigenvalue weighted by atomic mass is 35.6. The van der Waals surface area contributed by atoms with E-state index in [0.29, 0.717) is 5.56 Å². The first-order valence-corrected chi connectivity index (χ1v) is 17.4. The number of ether oxygens (including phenoxy) is 8. The second-order valence-electron chi connectivity index (χ2n) is 12.9. The normalized spacial score (nSPS) is 31.0. The van der Waals surface area contributed by atoms with Crippen LogP contribution in [0.15, 0.2) is 30.3 Å². The fourth-order valence-electron chi connectivity index (χ4n) is 6.25. The van der Waals surface area contributed by atoms with Crippen LogP contribution in [0.5, 0.6) is 0 Å². The Labute approximate surface area is 307 Å². The van der Waals surface area contributed by atoms with E-state index in [4.69, 9.17) is 78.1 Å². The van der Waals surface area contributed by atoms with Gasteiger partial charge in [0.15, 0.2) is 0 Å². The van der Waals surface area contributed by atoms with E-state index in [2.05, 4.69) is 0 Å². The van der Waals surface area contributed by atoms with Crippen LogP contribution in [0, 0.1) is 35.0 Å². The molecule has 13 nitrogen and oxygen atoms in total. The van der Waals surface area contributed by atoms with Gasteiger partial charge in [0.1, 0.15) is 25.4 Å². The van der Waals surface area contributed by atoms with Crippen molar-refractivity contribution in [3.63, 3.8) is 0 Å². The van der Waals surface area contributed by atoms with Crippen LogP contribution in [-0.2, 0) is 52.3 Å². The zero-order valence-corrected chi connectivity index (χ0v) is 31.6. The van der Waals surface area contributed by atoms with E-state index in [1.807, 2.05) is 13.8 Å². The molecule has 3 rings (SSSR count). The van der Waals surface area contributed by atoms with Crippen molar-refractivity contribution in [1.29, 1.82) is 5.41 Å². The molecular formula is C34H46Cl3NO12. The zero-order valence-electron chi connectivity index (χ0n) is 29.3. The van der Waals surface area contributed by atoms with Crippen LogP contribution in [0.3, 0.4) is 0 Å². The zero-order chi connectivity index (χ0) is 37.6. The van der Waals surface area contributed by atoms with E-state index in [9.17, 15) is 19.2 Å². The second-order valence-corrected chi connectivity index (χ2v) is 15.2. The molecule has 4 unspecified atom stereocenters. The number of benzene rings is 1. The molecule has 11 atom stereocenters. The van der Waals surface area contributed by atoms with Crippen molar-refractivity contribution >= 4 is 64.6 Å². The molecule has 0 aromatic heterocycles. The molecule has 1 aromatic rings. The number of alkyl halides is 3. The topological polar surface area (TPSA) is 166 Å². The van der Waals surface area contributed by atoms with Gasteiger partial charge in [-0.15, -0.1) is 0 Å². The Balaban J connectivity index is 1.99. The smallest absolute Gasteiger partial charge is 0.366 e. The molecule has 2 fully saturated rings. The highest BCUT2D eigenvalue weighted by Gasteiger charge is 2.57. The third kappa shape index (κ3) is 10.4. The molecule has 1 N–H and O–H groups in total. The van der Waals surface area contributed by atoms with Crippen LogP contribution >= 0.6 is 34.8 Å². The first-order valence-electron chi connectivity index (χ1n) is 16.3. The fourth-order valence-corrected chi connectivity index (χ4v) is 6.38. The quantitative estimate of drug-likeness (QED) is 0.0915. The third-order valence-electron chi connectivity index (χ3n) is 9.27. The summed E-state index contributed by atoms with van der Waals surface area (Å²) in [6.45, 7) is 11.1. The summed E-state index contributed by atoms with van der Waals surface area (Å²) in [6, 6.07) is 8.38. The Morgan fingerprint density at radius 3 is 2.18 bits per heavy atom. The van der Waals surface area contributed by atoms with Crippen LogP contribution in [0.1, 0.15) is 65.2 Å². The number of halogens is 3. The van der Waals surface area contributed by atoms with Crippen LogP contribution < -0.4 is 0 Å². The summed E-state index contributed by atoms with van der Waals surface area (Å²) in [5.74, 6) is -7.50. The van der Waals surface area contributed by atoms with Crippen molar-refractivity contribution in [3.05, 3.63) is 35.9 Å². The maximum absolute atomic E-state index is 13.8. The largest absolute Gasteiger partial charge is 0.465 e. The lowest BCUT2D eigenvalue weighted by atomic mass is 9.76. The molecule has 2 aliphatic rings. The van der Waals surface area contributed by atoms with Crippen molar-refractivity contribution in [2.45, 2.75) is 95.2 Å². The minimum absolute atomic E-state index is 0.0756. The van der Waals surface area contributed by atoms with Crippen molar-refractivity contribution < 1.29 is 57.1 Å². The summed E-state index contributed by atoms with van der Waals surface area (Å²) >= 11 is 17.8. The van der Waals surface area contributed by atoms with E-state index in [1.165, 1.54) is 21.0 Å². The minimum Gasteiger partial charge on any atom is -0.465 e. The van der Waals surface area contributed by atoms with E-state index in [0.717, 1.165) is 0 Å². The number of nitrogens with one attached hydrogen (secondary N) is 1. The molecule has 16 heteroatoms. The molecule has 0 bridgehead atoms. The van der Waals surface area contributed by atoms with Crippen molar-refractivity contribution in [2.75, 3.05) is 20.3 Å². The highest BCUT2D eigenvalue weighted by molar-refractivity contribution is 6.76. The number of esters is 4. The molecule has 2 heterocycles. The monoisotopic (exact) mass is 765 g/mol. The van der Waals surface area contributed by atoms with Gasteiger partial charge >= 0.3 is 23.9 Å². The van der Waals surface area contributed by atoms with Crippen molar-refractivity contribution in [1.82, 2.24) is 0 Å². The van der Waals surface area contributed by atoms with Crippen LogP contribution in [0.2, 0.25) is 0 Å². The Morgan fingerprint density at radius 2 is 1.62 bits per heavy atom. The summed E-state index contributed by atoms with van der Waals surface area (Å²) in [5, 5.41) is 8.20. The van der Waals surface area contributed by atoms with Gasteiger partial charge in [0, 0.05) is 38.0 Å². The van der Waals surface area contributed by atoms with Gasteiger partial charge in [-0.3, -0.25) is 15.0 Å². The van der Waals surface area contributed by atoms with Gasteiger partial charge in [-0.2, -0.15) is 0 Å². The molecule has 0 amide bonds. The lowest BCUT2D eigenvalue weighted by Gasteiger charge is -2.51. The summed E-state index contributed by atoms with van der Waals surface area (Å²) in [6.07, 6.45) is -4.61. The lowest BCUT2D eigenvalue weighted by molar-refractivity contribution is -0.349. The molecule has 0 spiro atoms. The lowest BCUT2D eigenvalue weighted by Crippen LogP contribution is -2.62. The third-order valence-corrected chi connectivity index (χ3v) is 9.78. The maximum Gasteiger partial charge on any atom is 0.366 e. The predicted octanol–water partition coefficient (Wildman–Crippen LogP) is 5.65. The molecule has 2 aliphatic heterocycles. The predicted molar refractivity (Wildman–Crippen MR) is 182 cm³/mol.